The van der Waals surface area contributed by atoms with Crippen LogP contribution in [0.2, 0.25) is 0 Å². The van der Waals surface area contributed by atoms with Crippen molar-refractivity contribution < 1.29 is 35.7 Å². The van der Waals surface area contributed by atoms with Crippen molar-refractivity contribution in [2.24, 2.45) is 0 Å². The minimum absolute atomic E-state index is 0.0485. The first-order chi connectivity index (χ1) is 13.1. The summed E-state index contributed by atoms with van der Waals surface area (Å²) >= 11 is 0. The summed E-state index contributed by atoms with van der Waals surface area (Å²) in [5.74, 6) is -3.19. The van der Waals surface area contributed by atoms with Crippen LogP contribution in [0.3, 0.4) is 0 Å². The van der Waals surface area contributed by atoms with Crippen molar-refractivity contribution in [1.82, 2.24) is 0 Å². The van der Waals surface area contributed by atoms with Gasteiger partial charge in [0.05, 0.1) is 5.60 Å². The lowest BCUT2D eigenvalue weighted by molar-refractivity contribution is 0.0766. The van der Waals surface area contributed by atoms with Crippen LogP contribution in [-0.2, 0) is 12.8 Å². The normalized spacial score (nSPS) is 19.2. The van der Waals surface area contributed by atoms with Gasteiger partial charge in [-0.2, -0.15) is 0 Å². The molecule has 0 fully saturated rings. The Morgan fingerprint density at radius 3 is 1.93 bits per heavy atom. The SMILES string of the molecule is CC1=CCC(O)(Cc2ccc(O)c(O)c2O)C(Cc2ccc(O)c(O)c2O)=C1. The molecule has 2 aromatic rings. The van der Waals surface area contributed by atoms with E-state index in [1.54, 1.807) is 6.08 Å². The summed E-state index contributed by atoms with van der Waals surface area (Å²) in [4.78, 5) is 0. The molecule has 148 valence electrons. The van der Waals surface area contributed by atoms with Gasteiger partial charge in [-0.15, -0.1) is 0 Å². The van der Waals surface area contributed by atoms with Crippen molar-refractivity contribution >= 4 is 0 Å². The largest absolute Gasteiger partial charge is 0.504 e. The van der Waals surface area contributed by atoms with Crippen LogP contribution >= 0.6 is 0 Å². The second-order valence-electron chi connectivity index (χ2n) is 7.09. The Hall–Kier alpha value is -3.32. The molecule has 0 radical (unpaired) electrons. The minimum Gasteiger partial charge on any atom is -0.504 e. The molecule has 1 unspecified atom stereocenters. The molecule has 0 aromatic heterocycles. The van der Waals surface area contributed by atoms with Gasteiger partial charge in [0.25, 0.3) is 0 Å². The van der Waals surface area contributed by atoms with Crippen molar-refractivity contribution in [3.8, 4) is 34.5 Å². The summed E-state index contributed by atoms with van der Waals surface area (Å²) in [5.41, 5.74) is 0.557. The Balaban J connectivity index is 1.97. The monoisotopic (exact) mass is 386 g/mol. The fourth-order valence-electron chi connectivity index (χ4n) is 3.36. The lowest BCUT2D eigenvalue weighted by Gasteiger charge is -2.34. The highest BCUT2D eigenvalue weighted by Crippen LogP contribution is 2.43. The van der Waals surface area contributed by atoms with E-state index < -0.39 is 40.1 Å². The highest BCUT2D eigenvalue weighted by Gasteiger charge is 2.35. The molecule has 1 aliphatic rings. The summed E-state index contributed by atoms with van der Waals surface area (Å²) in [6.45, 7) is 1.86. The lowest BCUT2D eigenvalue weighted by atomic mass is 9.77. The fraction of sp³-hybridized carbons (Fsp3) is 0.238. The van der Waals surface area contributed by atoms with Crippen LogP contribution in [0.1, 0.15) is 24.5 Å². The molecule has 0 saturated carbocycles. The van der Waals surface area contributed by atoms with Crippen LogP contribution < -0.4 is 0 Å². The maximum Gasteiger partial charge on any atom is 0.200 e. The summed E-state index contributed by atoms with van der Waals surface area (Å²) < 4.78 is 0. The molecule has 0 saturated heterocycles. The molecule has 7 nitrogen and oxygen atoms in total. The standard InChI is InChI=1S/C21H22O7/c1-11-6-7-21(28,10-13-3-5-16(23)20(27)18(13)25)14(8-11)9-12-2-4-15(22)19(26)17(12)24/h2-6,8,22-28H,7,9-10H2,1H3. The third-order valence-corrected chi connectivity index (χ3v) is 5.05. The smallest absolute Gasteiger partial charge is 0.200 e. The van der Waals surface area contributed by atoms with E-state index in [1.807, 2.05) is 13.0 Å². The Kier molecular flexibility index (Phi) is 4.87. The van der Waals surface area contributed by atoms with E-state index in [9.17, 15) is 35.7 Å². The first-order valence-corrected chi connectivity index (χ1v) is 8.68. The van der Waals surface area contributed by atoms with Crippen molar-refractivity contribution in [1.29, 1.82) is 0 Å². The first kappa shape index (κ1) is 19.4. The summed E-state index contributed by atoms with van der Waals surface area (Å²) in [5, 5.41) is 70.0. The van der Waals surface area contributed by atoms with E-state index in [0.717, 1.165) is 5.57 Å². The summed E-state index contributed by atoms with van der Waals surface area (Å²) in [6.07, 6.45) is 3.86. The number of hydrogen-bond donors (Lipinski definition) is 7. The topological polar surface area (TPSA) is 142 Å². The second kappa shape index (κ2) is 7.01. The molecule has 28 heavy (non-hydrogen) atoms. The van der Waals surface area contributed by atoms with E-state index in [1.165, 1.54) is 24.3 Å². The summed E-state index contributed by atoms with van der Waals surface area (Å²) in [6, 6.07) is 5.34. The van der Waals surface area contributed by atoms with Crippen LogP contribution in [0.4, 0.5) is 0 Å². The van der Waals surface area contributed by atoms with Gasteiger partial charge in [-0.3, -0.25) is 0 Å². The zero-order valence-electron chi connectivity index (χ0n) is 15.2. The Morgan fingerprint density at radius 2 is 1.32 bits per heavy atom. The number of aromatic hydroxyl groups is 6. The van der Waals surface area contributed by atoms with Crippen LogP contribution in [0.5, 0.6) is 34.5 Å². The van der Waals surface area contributed by atoms with E-state index in [2.05, 4.69) is 0 Å². The average Bonchev–Trinajstić information content (AvgIpc) is 2.66. The predicted molar refractivity (Wildman–Crippen MR) is 102 cm³/mol. The molecule has 1 aliphatic carbocycles. The molecule has 0 heterocycles. The van der Waals surface area contributed by atoms with Gasteiger partial charge in [-0.1, -0.05) is 29.9 Å². The van der Waals surface area contributed by atoms with Gasteiger partial charge in [-0.05, 0) is 31.1 Å². The zero-order chi connectivity index (χ0) is 20.6. The first-order valence-electron chi connectivity index (χ1n) is 8.68. The maximum absolute atomic E-state index is 11.3. The van der Waals surface area contributed by atoms with Crippen molar-refractivity contribution in [3.63, 3.8) is 0 Å². The van der Waals surface area contributed by atoms with Crippen LogP contribution in [0.15, 0.2) is 47.6 Å². The van der Waals surface area contributed by atoms with Gasteiger partial charge in [0.15, 0.2) is 23.0 Å². The molecular weight excluding hydrogens is 364 g/mol. The number of benzene rings is 2. The molecule has 7 N–H and O–H groups in total. The Bertz CT molecular complexity index is 991. The number of allylic oxidation sites excluding steroid dienone is 2. The van der Waals surface area contributed by atoms with Crippen LogP contribution in [0.25, 0.3) is 0 Å². The van der Waals surface area contributed by atoms with Crippen molar-refractivity contribution in [3.05, 3.63) is 58.7 Å². The molecule has 3 rings (SSSR count). The molecular formula is C21H22O7. The fourth-order valence-corrected chi connectivity index (χ4v) is 3.36. The van der Waals surface area contributed by atoms with Gasteiger partial charge >= 0.3 is 0 Å². The molecule has 0 aliphatic heterocycles. The zero-order valence-corrected chi connectivity index (χ0v) is 15.2. The van der Waals surface area contributed by atoms with E-state index in [-0.39, 0.29) is 24.8 Å². The highest BCUT2D eigenvalue weighted by molar-refractivity contribution is 5.56. The Morgan fingerprint density at radius 1 is 0.786 bits per heavy atom. The van der Waals surface area contributed by atoms with E-state index >= 15 is 0 Å². The Labute approximate surface area is 161 Å². The van der Waals surface area contributed by atoms with Crippen molar-refractivity contribution in [2.75, 3.05) is 0 Å². The maximum atomic E-state index is 11.3. The minimum atomic E-state index is -1.43. The van der Waals surface area contributed by atoms with Crippen molar-refractivity contribution in [2.45, 2.75) is 31.8 Å². The van der Waals surface area contributed by atoms with Gasteiger partial charge in [0.2, 0.25) is 11.5 Å². The number of phenolic OH excluding ortho intramolecular Hbond substituents is 6. The molecule has 1 atom stereocenters. The van der Waals surface area contributed by atoms with Gasteiger partial charge in [-0.25, -0.2) is 0 Å². The molecule has 0 bridgehead atoms. The number of aliphatic hydroxyl groups is 1. The van der Waals surface area contributed by atoms with E-state index in [4.69, 9.17) is 0 Å². The molecule has 0 spiro atoms. The van der Waals surface area contributed by atoms with Gasteiger partial charge in [0, 0.05) is 24.0 Å². The lowest BCUT2D eigenvalue weighted by Crippen LogP contribution is -2.36. The quantitative estimate of drug-likeness (QED) is 0.401. The second-order valence-corrected chi connectivity index (χ2v) is 7.09. The predicted octanol–water partition coefficient (Wildman–Crippen LogP) is 2.71. The number of phenols is 6. The number of rotatable bonds is 4. The van der Waals surface area contributed by atoms with Crippen LogP contribution in [0, 0.1) is 0 Å². The third-order valence-electron chi connectivity index (χ3n) is 5.05. The third kappa shape index (κ3) is 3.44. The molecule has 2 aromatic carbocycles. The van der Waals surface area contributed by atoms with E-state index in [0.29, 0.717) is 11.1 Å². The molecule has 7 heteroatoms. The number of hydrogen-bond acceptors (Lipinski definition) is 7. The van der Waals surface area contributed by atoms with Gasteiger partial charge < -0.3 is 35.7 Å². The average molecular weight is 386 g/mol. The summed E-state index contributed by atoms with van der Waals surface area (Å²) in [7, 11) is 0. The highest BCUT2D eigenvalue weighted by atomic mass is 16.3. The molecule has 0 amide bonds. The van der Waals surface area contributed by atoms with Crippen LogP contribution in [-0.4, -0.2) is 41.3 Å². The van der Waals surface area contributed by atoms with Gasteiger partial charge in [0.1, 0.15) is 0 Å².